The molecule has 15 heteroatoms. The molecule has 2 aliphatic heterocycles. The van der Waals surface area contributed by atoms with Crippen LogP contribution in [-0.4, -0.2) is 103 Å². The van der Waals surface area contributed by atoms with E-state index in [2.05, 4.69) is 19.9 Å². The van der Waals surface area contributed by atoms with Crippen molar-refractivity contribution in [2.75, 3.05) is 69.6 Å². The quantitative estimate of drug-likeness (QED) is 0.437. The van der Waals surface area contributed by atoms with E-state index in [1.165, 1.54) is 16.0 Å². The Morgan fingerprint density at radius 3 is 2.38 bits per heavy atom. The Labute approximate surface area is 212 Å². The van der Waals surface area contributed by atoms with Gasteiger partial charge in [-0.25, -0.2) is 26.5 Å². The highest BCUT2D eigenvalue weighted by Crippen LogP contribution is 2.33. The number of aromatic nitrogens is 5. The van der Waals surface area contributed by atoms with E-state index in [1.807, 2.05) is 9.80 Å². The standard InChI is InChI=1S/C22H28F2N8O4S/c1-29(37(3,33)34)14-7-8-31(13-14)21-26-20(30-9-11-36-12-10-30)27-22(28-21)32-15-5-4-6-16(35-2)17(15)25-19(32)18(23)24/h4-6,14,18H,7-13H2,1-3H3/t14-/m0/s1. The number of halogens is 2. The van der Waals surface area contributed by atoms with Gasteiger partial charge >= 0.3 is 0 Å². The van der Waals surface area contributed by atoms with E-state index in [0.29, 0.717) is 63.0 Å². The topological polar surface area (TPSA) is 119 Å². The number of fused-ring (bicyclic) bond motifs is 1. The first-order valence-corrected chi connectivity index (χ1v) is 13.6. The Balaban J connectivity index is 1.63. The average molecular weight is 539 g/mol. The van der Waals surface area contributed by atoms with Gasteiger partial charge in [-0.05, 0) is 18.6 Å². The Morgan fingerprint density at radius 2 is 1.73 bits per heavy atom. The third-order valence-electron chi connectivity index (χ3n) is 6.67. The third kappa shape index (κ3) is 4.90. The monoisotopic (exact) mass is 538 g/mol. The molecule has 0 radical (unpaired) electrons. The lowest BCUT2D eigenvalue weighted by Crippen LogP contribution is -2.39. The van der Waals surface area contributed by atoms with Crippen LogP contribution in [0.15, 0.2) is 18.2 Å². The van der Waals surface area contributed by atoms with Crippen molar-refractivity contribution in [3.05, 3.63) is 24.0 Å². The van der Waals surface area contributed by atoms with Crippen LogP contribution in [0, 0.1) is 0 Å². The molecule has 0 unspecified atom stereocenters. The van der Waals surface area contributed by atoms with Gasteiger partial charge in [0, 0.05) is 39.3 Å². The van der Waals surface area contributed by atoms with Crippen molar-refractivity contribution in [2.24, 2.45) is 0 Å². The minimum atomic E-state index is -3.38. The van der Waals surface area contributed by atoms with Crippen LogP contribution < -0.4 is 14.5 Å². The molecule has 1 aromatic carbocycles. The number of anilines is 2. The molecule has 200 valence electrons. The number of benzene rings is 1. The van der Waals surface area contributed by atoms with Gasteiger partial charge in [0.2, 0.25) is 27.9 Å². The molecule has 2 saturated heterocycles. The molecule has 0 N–H and O–H groups in total. The molecular formula is C22H28F2N8O4S. The van der Waals surface area contributed by atoms with Crippen molar-refractivity contribution in [2.45, 2.75) is 18.9 Å². The molecule has 3 aromatic rings. The van der Waals surface area contributed by atoms with Gasteiger partial charge in [0.05, 0.1) is 32.1 Å². The normalized spacial score (nSPS) is 18.9. The highest BCUT2D eigenvalue weighted by atomic mass is 32.2. The number of nitrogens with zero attached hydrogens (tertiary/aromatic N) is 8. The fourth-order valence-corrected chi connectivity index (χ4v) is 5.31. The zero-order chi connectivity index (χ0) is 26.3. The molecule has 2 aromatic heterocycles. The van der Waals surface area contributed by atoms with Crippen molar-refractivity contribution in [1.29, 1.82) is 0 Å². The van der Waals surface area contributed by atoms with E-state index in [1.54, 1.807) is 25.2 Å². The van der Waals surface area contributed by atoms with Crippen LogP contribution in [0.1, 0.15) is 18.7 Å². The number of para-hydroxylation sites is 1. The van der Waals surface area contributed by atoms with Crippen LogP contribution >= 0.6 is 0 Å². The van der Waals surface area contributed by atoms with E-state index in [9.17, 15) is 17.2 Å². The van der Waals surface area contributed by atoms with E-state index < -0.39 is 22.3 Å². The summed E-state index contributed by atoms with van der Waals surface area (Å²) in [6.45, 7) is 2.88. The molecule has 0 spiro atoms. The van der Waals surface area contributed by atoms with Gasteiger partial charge in [-0.2, -0.15) is 15.0 Å². The summed E-state index contributed by atoms with van der Waals surface area (Å²) in [7, 11) is -0.391. The maximum Gasteiger partial charge on any atom is 0.296 e. The number of imidazole rings is 1. The number of alkyl halides is 2. The van der Waals surface area contributed by atoms with Gasteiger partial charge in [-0.1, -0.05) is 6.07 Å². The Hall–Kier alpha value is -3.17. The van der Waals surface area contributed by atoms with Gasteiger partial charge in [0.1, 0.15) is 11.3 Å². The predicted octanol–water partition coefficient (Wildman–Crippen LogP) is 1.46. The summed E-state index contributed by atoms with van der Waals surface area (Å²) in [6.07, 6.45) is -1.16. The van der Waals surface area contributed by atoms with Crippen molar-refractivity contribution in [1.82, 2.24) is 28.8 Å². The van der Waals surface area contributed by atoms with Crippen molar-refractivity contribution >= 4 is 33.0 Å². The first-order valence-electron chi connectivity index (χ1n) is 11.8. The zero-order valence-electron chi connectivity index (χ0n) is 20.7. The van der Waals surface area contributed by atoms with E-state index in [4.69, 9.17) is 9.47 Å². The van der Waals surface area contributed by atoms with Crippen LogP contribution in [0.3, 0.4) is 0 Å². The van der Waals surface area contributed by atoms with E-state index in [0.717, 1.165) is 6.26 Å². The number of likely N-dealkylation sites (N-methyl/N-ethyl adjacent to an activating group) is 1. The fraction of sp³-hybridized carbons (Fsp3) is 0.545. The Kier molecular flexibility index (Phi) is 6.85. The minimum absolute atomic E-state index is 0.00235. The van der Waals surface area contributed by atoms with Crippen LogP contribution in [0.5, 0.6) is 5.75 Å². The van der Waals surface area contributed by atoms with Gasteiger partial charge in [-0.15, -0.1) is 0 Å². The maximum absolute atomic E-state index is 14.2. The summed E-state index contributed by atoms with van der Waals surface area (Å²) in [5, 5.41) is 0. The van der Waals surface area contributed by atoms with Gasteiger partial charge in [-0.3, -0.25) is 4.57 Å². The number of ether oxygens (including phenoxy) is 2. The van der Waals surface area contributed by atoms with Crippen molar-refractivity contribution < 1.29 is 26.7 Å². The van der Waals surface area contributed by atoms with Crippen molar-refractivity contribution in [3.63, 3.8) is 0 Å². The average Bonchev–Trinajstić information content (AvgIpc) is 3.53. The molecule has 0 bridgehead atoms. The van der Waals surface area contributed by atoms with Gasteiger partial charge < -0.3 is 19.3 Å². The number of methoxy groups -OCH3 is 1. The summed E-state index contributed by atoms with van der Waals surface area (Å²) >= 11 is 0. The lowest BCUT2D eigenvalue weighted by Gasteiger charge is -2.28. The second kappa shape index (κ2) is 9.95. The number of sulfonamides is 1. The summed E-state index contributed by atoms with van der Waals surface area (Å²) in [4.78, 5) is 21.7. The summed E-state index contributed by atoms with van der Waals surface area (Å²) in [6, 6.07) is 4.72. The number of hydrogen-bond acceptors (Lipinski definition) is 10. The molecule has 4 heterocycles. The van der Waals surface area contributed by atoms with E-state index >= 15 is 0 Å². The largest absolute Gasteiger partial charge is 0.494 e. The molecular weight excluding hydrogens is 510 g/mol. The van der Waals surface area contributed by atoms with E-state index in [-0.39, 0.29) is 23.5 Å². The fourth-order valence-electron chi connectivity index (χ4n) is 4.59. The predicted molar refractivity (Wildman–Crippen MR) is 132 cm³/mol. The molecule has 0 saturated carbocycles. The zero-order valence-corrected chi connectivity index (χ0v) is 21.5. The minimum Gasteiger partial charge on any atom is -0.494 e. The molecule has 1 atom stereocenters. The number of hydrogen-bond donors (Lipinski definition) is 0. The maximum atomic E-state index is 14.2. The first-order chi connectivity index (χ1) is 17.7. The molecule has 2 aliphatic rings. The Morgan fingerprint density at radius 1 is 1.05 bits per heavy atom. The second-order valence-corrected chi connectivity index (χ2v) is 11.0. The lowest BCUT2D eigenvalue weighted by molar-refractivity contribution is 0.122. The van der Waals surface area contributed by atoms with Crippen LogP contribution in [0.25, 0.3) is 17.0 Å². The van der Waals surface area contributed by atoms with Gasteiger partial charge in [0.15, 0.2) is 5.82 Å². The smallest absolute Gasteiger partial charge is 0.296 e. The van der Waals surface area contributed by atoms with Crippen LogP contribution in [0.2, 0.25) is 0 Å². The number of morpholine rings is 1. The molecule has 37 heavy (non-hydrogen) atoms. The summed E-state index contributed by atoms with van der Waals surface area (Å²) < 4.78 is 65.9. The first kappa shape index (κ1) is 25.5. The summed E-state index contributed by atoms with van der Waals surface area (Å²) in [5.74, 6) is 0.444. The van der Waals surface area contributed by atoms with Gasteiger partial charge in [0.25, 0.3) is 6.43 Å². The molecule has 2 fully saturated rings. The third-order valence-corrected chi connectivity index (χ3v) is 8.01. The molecule has 5 rings (SSSR count). The molecule has 12 nitrogen and oxygen atoms in total. The summed E-state index contributed by atoms with van der Waals surface area (Å²) in [5.41, 5.74) is 0.641. The van der Waals surface area contributed by atoms with Crippen LogP contribution in [0.4, 0.5) is 20.7 Å². The lowest BCUT2D eigenvalue weighted by atomic mass is 10.3. The Bertz CT molecular complexity index is 1400. The SMILES string of the molecule is COc1cccc2c1nc(C(F)F)n2-c1nc(N2CCOCC2)nc(N2CC[C@H](N(C)S(C)(=O)=O)C2)n1. The highest BCUT2D eigenvalue weighted by Gasteiger charge is 2.33. The molecule has 0 aliphatic carbocycles. The highest BCUT2D eigenvalue weighted by molar-refractivity contribution is 7.88. The van der Waals surface area contributed by atoms with Crippen LogP contribution in [-0.2, 0) is 14.8 Å². The second-order valence-electron chi connectivity index (χ2n) is 8.94. The van der Waals surface area contributed by atoms with Crippen molar-refractivity contribution in [3.8, 4) is 11.7 Å². The molecule has 0 amide bonds. The number of rotatable bonds is 7.